The second kappa shape index (κ2) is 55.4. The quantitative estimate of drug-likeness (QED) is 0.0321. The highest BCUT2D eigenvalue weighted by Gasteiger charge is 2.18. The van der Waals surface area contributed by atoms with Gasteiger partial charge in [-0.15, -0.1) is 0 Å². The highest BCUT2D eigenvalue weighted by Crippen LogP contribution is 2.16. The van der Waals surface area contributed by atoms with E-state index < -0.39 is 12.1 Å². The average Bonchev–Trinajstić information content (AvgIpc) is 3.32. The van der Waals surface area contributed by atoms with Gasteiger partial charge in [-0.05, 0) is 89.9 Å². The van der Waals surface area contributed by atoms with E-state index in [2.05, 4.69) is 55.6 Å². The summed E-state index contributed by atoms with van der Waals surface area (Å²) in [6.07, 6.45) is 69.8. The van der Waals surface area contributed by atoms with E-state index in [1.165, 1.54) is 205 Å². The smallest absolute Gasteiger partial charge is 0.305 e. The Morgan fingerprint density at radius 3 is 1.20 bits per heavy atom. The first-order valence-corrected chi connectivity index (χ1v) is 28.9. The van der Waals surface area contributed by atoms with Crippen LogP contribution in [-0.2, 0) is 14.3 Å². The lowest BCUT2D eigenvalue weighted by molar-refractivity contribution is -0.143. The number of rotatable bonds is 53. The molecule has 66 heavy (non-hydrogen) atoms. The number of hydrogen-bond donors (Lipinski definition) is 3. The van der Waals surface area contributed by atoms with Crippen LogP contribution in [0.4, 0.5) is 0 Å². The third-order valence-electron chi connectivity index (χ3n) is 13.1. The molecule has 0 aliphatic rings. The Labute approximate surface area is 410 Å². The topological polar surface area (TPSA) is 95.9 Å². The molecule has 0 aromatic rings. The number of allylic oxidation sites excluding steroid dienone is 7. The number of hydrogen-bond acceptors (Lipinski definition) is 5. The fourth-order valence-corrected chi connectivity index (χ4v) is 8.60. The fourth-order valence-electron chi connectivity index (χ4n) is 8.60. The molecule has 1 amide bonds. The number of carbonyl (C=O) groups excluding carboxylic acids is 2. The zero-order valence-electron chi connectivity index (χ0n) is 43.9. The van der Waals surface area contributed by atoms with Gasteiger partial charge in [0.1, 0.15) is 0 Å². The summed E-state index contributed by atoms with van der Waals surface area (Å²) in [5, 5.41) is 23.1. The highest BCUT2D eigenvalue weighted by atomic mass is 16.5. The Balaban J connectivity index is 3.48. The predicted molar refractivity (Wildman–Crippen MR) is 287 cm³/mol. The Kier molecular flexibility index (Phi) is 53.6. The lowest BCUT2D eigenvalue weighted by Crippen LogP contribution is -2.45. The maximum absolute atomic E-state index is 12.4. The van der Waals surface area contributed by atoms with E-state index in [1.54, 1.807) is 6.08 Å². The Morgan fingerprint density at radius 1 is 0.424 bits per heavy atom. The number of nitrogens with one attached hydrogen (secondary N) is 1. The Bertz CT molecular complexity index is 1110. The average molecular weight is 927 g/mol. The molecule has 0 saturated heterocycles. The van der Waals surface area contributed by atoms with E-state index in [1.807, 2.05) is 6.08 Å². The molecule has 6 heteroatoms. The first-order chi connectivity index (χ1) is 32.5. The number of unbranched alkanes of at least 4 members (excludes halogenated alkanes) is 36. The van der Waals surface area contributed by atoms with E-state index in [0.717, 1.165) is 64.2 Å². The van der Waals surface area contributed by atoms with Crippen LogP contribution in [0.1, 0.15) is 296 Å². The maximum atomic E-state index is 12.4. The van der Waals surface area contributed by atoms with Gasteiger partial charge in [0, 0.05) is 12.8 Å². The van der Waals surface area contributed by atoms with Gasteiger partial charge >= 0.3 is 5.97 Å². The second-order valence-corrected chi connectivity index (χ2v) is 19.6. The third-order valence-corrected chi connectivity index (χ3v) is 13.1. The Morgan fingerprint density at radius 2 is 0.758 bits per heavy atom. The number of amides is 1. The van der Waals surface area contributed by atoms with E-state index in [-0.39, 0.29) is 18.5 Å². The molecule has 2 atom stereocenters. The van der Waals surface area contributed by atoms with E-state index in [9.17, 15) is 19.8 Å². The number of esters is 1. The number of aliphatic hydroxyl groups is 2. The monoisotopic (exact) mass is 926 g/mol. The molecule has 6 nitrogen and oxygen atoms in total. The maximum Gasteiger partial charge on any atom is 0.305 e. The van der Waals surface area contributed by atoms with Crippen molar-refractivity contribution < 1.29 is 24.5 Å². The normalized spacial score (nSPS) is 13.0. The van der Waals surface area contributed by atoms with Crippen LogP contribution in [0.2, 0.25) is 0 Å². The molecule has 0 spiro atoms. The SMILES string of the molecule is CCCCC/C=C\C/C=C\CCCCCCCC(=O)OCCCCCCCCCC/C=C\CCCCCCCCCC(=O)NC(CO)C(O)/C=C/CCCCCCCCCCCCCCC. The summed E-state index contributed by atoms with van der Waals surface area (Å²) in [5.74, 6) is -0.0894. The van der Waals surface area contributed by atoms with E-state index >= 15 is 0 Å². The van der Waals surface area contributed by atoms with Gasteiger partial charge in [0.05, 0.1) is 25.4 Å². The number of aliphatic hydroxyl groups excluding tert-OH is 2. The molecule has 0 rings (SSSR count). The second-order valence-electron chi connectivity index (χ2n) is 19.6. The number of ether oxygens (including phenoxy) is 1. The minimum absolute atomic E-state index is 0.0114. The van der Waals surface area contributed by atoms with Crippen molar-refractivity contribution >= 4 is 11.9 Å². The molecule has 0 aromatic carbocycles. The van der Waals surface area contributed by atoms with Gasteiger partial charge in [-0.25, -0.2) is 0 Å². The van der Waals surface area contributed by atoms with Crippen molar-refractivity contribution in [2.75, 3.05) is 13.2 Å². The van der Waals surface area contributed by atoms with Gasteiger partial charge in [0.15, 0.2) is 0 Å². The summed E-state index contributed by atoms with van der Waals surface area (Å²) in [7, 11) is 0. The van der Waals surface area contributed by atoms with Crippen molar-refractivity contribution in [2.45, 2.75) is 309 Å². The van der Waals surface area contributed by atoms with Gasteiger partial charge < -0.3 is 20.3 Å². The molecule has 2 unspecified atom stereocenters. The summed E-state index contributed by atoms with van der Waals surface area (Å²) >= 11 is 0. The van der Waals surface area contributed by atoms with Crippen molar-refractivity contribution in [1.29, 1.82) is 0 Å². The predicted octanol–water partition coefficient (Wildman–Crippen LogP) is 17.8. The third kappa shape index (κ3) is 51.2. The summed E-state index contributed by atoms with van der Waals surface area (Å²) < 4.78 is 5.47. The minimum atomic E-state index is -0.851. The first kappa shape index (κ1) is 63.8. The van der Waals surface area contributed by atoms with Crippen LogP contribution in [0.5, 0.6) is 0 Å². The van der Waals surface area contributed by atoms with Gasteiger partial charge in [-0.2, -0.15) is 0 Å². The summed E-state index contributed by atoms with van der Waals surface area (Å²) in [6, 6.07) is -0.636. The molecule has 0 bridgehead atoms. The molecule has 0 aliphatic carbocycles. The van der Waals surface area contributed by atoms with Gasteiger partial charge in [0.2, 0.25) is 5.91 Å². The van der Waals surface area contributed by atoms with E-state index in [0.29, 0.717) is 19.4 Å². The van der Waals surface area contributed by atoms with Crippen LogP contribution >= 0.6 is 0 Å². The Hall–Kier alpha value is -2.18. The summed E-state index contributed by atoms with van der Waals surface area (Å²) in [6.45, 7) is 4.86. The molecular formula is C60H111NO5. The zero-order valence-corrected chi connectivity index (χ0v) is 43.9. The molecule has 0 heterocycles. The van der Waals surface area contributed by atoms with Crippen LogP contribution < -0.4 is 5.32 Å². The van der Waals surface area contributed by atoms with Crippen molar-refractivity contribution in [2.24, 2.45) is 0 Å². The van der Waals surface area contributed by atoms with Gasteiger partial charge in [-0.3, -0.25) is 9.59 Å². The fraction of sp³-hybridized carbons (Fsp3) is 0.833. The molecule has 0 fully saturated rings. The first-order valence-electron chi connectivity index (χ1n) is 28.9. The van der Waals surface area contributed by atoms with Gasteiger partial charge in [0.25, 0.3) is 0 Å². The van der Waals surface area contributed by atoms with Crippen LogP contribution in [-0.4, -0.2) is 47.4 Å². The molecule has 0 radical (unpaired) electrons. The molecule has 3 N–H and O–H groups in total. The minimum Gasteiger partial charge on any atom is -0.466 e. The van der Waals surface area contributed by atoms with Crippen molar-refractivity contribution in [3.8, 4) is 0 Å². The van der Waals surface area contributed by atoms with Crippen LogP contribution in [0.25, 0.3) is 0 Å². The highest BCUT2D eigenvalue weighted by molar-refractivity contribution is 5.76. The molecule has 386 valence electrons. The zero-order chi connectivity index (χ0) is 47.9. The largest absolute Gasteiger partial charge is 0.466 e. The van der Waals surface area contributed by atoms with Crippen LogP contribution in [0.15, 0.2) is 48.6 Å². The van der Waals surface area contributed by atoms with Crippen molar-refractivity contribution in [3.05, 3.63) is 48.6 Å². The summed E-state index contributed by atoms with van der Waals surface area (Å²) in [4.78, 5) is 24.5. The van der Waals surface area contributed by atoms with Crippen molar-refractivity contribution in [1.82, 2.24) is 5.32 Å². The van der Waals surface area contributed by atoms with Crippen LogP contribution in [0, 0.1) is 0 Å². The standard InChI is InChI=1S/C60H111NO5/c1-3-5-7-9-11-13-15-17-24-28-32-36-40-44-48-52-58(63)57(56-62)61-59(64)53-49-45-41-37-33-29-26-22-20-19-21-23-27-31-35-39-43-47-51-55-66-60(65)54-50-46-42-38-34-30-25-18-16-14-12-10-8-6-4-2/h12,14,18-20,25,48,52,57-58,62-63H,3-11,13,15-17,21-24,26-47,49-51,53-56H2,1-2H3,(H,61,64)/b14-12-,20-19-,25-18-,52-48+. The lowest BCUT2D eigenvalue weighted by Gasteiger charge is -2.20. The van der Waals surface area contributed by atoms with E-state index in [4.69, 9.17) is 4.74 Å². The molecular weight excluding hydrogens is 815 g/mol. The lowest BCUT2D eigenvalue weighted by atomic mass is 10.0. The van der Waals surface area contributed by atoms with Gasteiger partial charge in [-0.1, -0.05) is 242 Å². The molecule has 0 aromatic heterocycles. The van der Waals surface area contributed by atoms with Crippen LogP contribution in [0.3, 0.4) is 0 Å². The molecule has 0 aliphatic heterocycles. The molecule has 0 saturated carbocycles. The summed E-state index contributed by atoms with van der Waals surface area (Å²) in [5.41, 5.74) is 0. The number of carbonyl (C=O) groups is 2. The van der Waals surface area contributed by atoms with Crippen molar-refractivity contribution in [3.63, 3.8) is 0 Å².